The molecule has 1 atom stereocenters. The Morgan fingerprint density at radius 1 is 1.06 bits per heavy atom. The molecule has 2 N–H and O–H groups in total. The molecule has 2 aliphatic rings. The number of likely N-dealkylation sites (tertiary alicyclic amines) is 1. The number of carbonyl (C=O) groups is 2. The van der Waals surface area contributed by atoms with Crippen LogP contribution in [0, 0.1) is 5.92 Å². The molecule has 0 aliphatic carbocycles. The Hall–Kier alpha value is -3.48. The van der Waals surface area contributed by atoms with Gasteiger partial charge in [0.2, 0.25) is 11.8 Å². The summed E-state index contributed by atoms with van der Waals surface area (Å²) in [5.41, 5.74) is 7.37. The van der Waals surface area contributed by atoms with Gasteiger partial charge in [0.25, 0.3) is 0 Å². The summed E-state index contributed by atoms with van der Waals surface area (Å²) in [5, 5.41) is 0.963. The summed E-state index contributed by atoms with van der Waals surface area (Å²) in [7, 11) is 0. The van der Waals surface area contributed by atoms with E-state index >= 15 is 0 Å². The highest BCUT2D eigenvalue weighted by molar-refractivity contribution is 5.88. The molecule has 1 unspecified atom stereocenters. The van der Waals surface area contributed by atoms with E-state index < -0.39 is 0 Å². The van der Waals surface area contributed by atoms with E-state index in [2.05, 4.69) is 0 Å². The van der Waals surface area contributed by atoms with Crippen LogP contribution in [0.5, 0.6) is 11.5 Å². The summed E-state index contributed by atoms with van der Waals surface area (Å²) in [4.78, 5) is 26.3. The topological polar surface area (TPSA) is 86.8 Å². The number of primary amides is 1. The van der Waals surface area contributed by atoms with Crippen molar-refractivity contribution in [3.8, 4) is 11.5 Å². The zero-order chi connectivity index (χ0) is 22.1. The lowest BCUT2D eigenvalue weighted by Crippen LogP contribution is -2.46. The van der Waals surface area contributed by atoms with Crippen LogP contribution in [0.3, 0.4) is 0 Å². The highest BCUT2D eigenvalue weighted by Crippen LogP contribution is 2.31. The summed E-state index contributed by atoms with van der Waals surface area (Å²) >= 11 is 0. The van der Waals surface area contributed by atoms with Crippen molar-refractivity contribution in [2.75, 3.05) is 19.7 Å². The number of rotatable bonds is 5. The van der Waals surface area contributed by atoms with Gasteiger partial charge in [0.1, 0.15) is 30.8 Å². The minimum atomic E-state index is -0.377. The van der Waals surface area contributed by atoms with Gasteiger partial charge in [-0.05, 0) is 36.2 Å². The molecule has 3 aromatic rings. The predicted molar refractivity (Wildman–Crippen MR) is 120 cm³/mol. The second kappa shape index (κ2) is 8.57. The van der Waals surface area contributed by atoms with Crippen molar-refractivity contribution in [2.45, 2.75) is 31.9 Å². The van der Waals surface area contributed by atoms with Crippen LogP contribution in [0.15, 0.2) is 54.7 Å². The Balaban J connectivity index is 1.20. The van der Waals surface area contributed by atoms with Crippen molar-refractivity contribution in [3.05, 3.63) is 60.3 Å². The third kappa shape index (κ3) is 4.02. The molecular weight excluding hydrogens is 406 g/mol. The summed E-state index contributed by atoms with van der Waals surface area (Å²) < 4.78 is 14.0. The van der Waals surface area contributed by atoms with Crippen molar-refractivity contribution >= 4 is 22.7 Å². The van der Waals surface area contributed by atoms with E-state index in [0.717, 1.165) is 47.2 Å². The Labute approximate surface area is 186 Å². The lowest BCUT2D eigenvalue weighted by atomic mass is 9.94. The Kier molecular flexibility index (Phi) is 5.47. The average Bonchev–Trinajstić information content (AvgIpc) is 3.22. The minimum Gasteiger partial charge on any atom is -0.492 e. The zero-order valence-corrected chi connectivity index (χ0v) is 17.9. The summed E-state index contributed by atoms with van der Waals surface area (Å²) in [5.74, 6) is 1.36. The molecule has 32 heavy (non-hydrogen) atoms. The largest absolute Gasteiger partial charge is 0.492 e. The molecule has 7 nitrogen and oxygen atoms in total. The number of amides is 2. The molecular formula is C25H27N3O4. The Morgan fingerprint density at radius 3 is 2.69 bits per heavy atom. The van der Waals surface area contributed by atoms with E-state index in [1.165, 1.54) is 0 Å². The molecule has 2 aromatic carbocycles. The number of carbonyl (C=O) groups excluding carboxylic acids is 2. The van der Waals surface area contributed by atoms with Crippen LogP contribution in [-0.4, -0.2) is 47.1 Å². The number of fused-ring (bicyclic) bond motifs is 2. The predicted octanol–water partition coefficient (Wildman–Crippen LogP) is 2.75. The molecule has 0 saturated carbocycles. The maximum absolute atomic E-state index is 13.1. The van der Waals surface area contributed by atoms with Gasteiger partial charge in [-0.1, -0.05) is 24.3 Å². The number of para-hydroxylation sites is 1. The minimum absolute atomic E-state index is 0.0486. The van der Waals surface area contributed by atoms with Gasteiger partial charge < -0.3 is 24.7 Å². The fraction of sp³-hybridized carbons (Fsp3) is 0.360. The number of piperidine rings is 1. The van der Waals surface area contributed by atoms with Crippen LogP contribution in [-0.2, 0) is 22.6 Å². The SMILES string of the molecule is NC(=O)Cn1ccc2c(OC3CCN(C(=O)C4COc5ccccc5C4)CC3)cccc21. The second-order valence-corrected chi connectivity index (χ2v) is 8.56. The quantitative estimate of drug-likeness (QED) is 0.670. The van der Waals surface area contributed by atoms with E-state index in [-0.39, 0.29) is 30.4 Å². The standard InChI is InChI=1S/C25H27N3O4/c26-24(29)15-28-13-10-20-21(28)5-3-7-23(20)32-19-8-11-27(12-9-19)25(30)18-14-17-4-1-2-6-22(17)31-16-18/h1-7,10,13,18-19H,8-9,11-12,14-16H2,(H2,26,29). The molecule has 2 aliphatic heterocycles. The number of aromatic nitrogens is 1. The van der Waals surface area contributed by atoms with Crippen molar-refractivity contribution in [3.63, 3.8) is 0 Å². The van der Waals surface area contributed by atoms with E-state index in [1.54, 1.807) is 0 Å². The molecule has 5 rings (SSSR count). The lowest BCUT2D eigenvalue weighted by Gasteiger charge is -2.35. The fourth-order valence-corrected chi connectivity index (χ4v) is 4.72. The van der Waals surface area contributed by atoms with Gasteiger partial charge in [-0.2, -0.15) is 0 Å². The van der Waals surface area contributed by atoms with E-state index in [0.29, 0.717) is 19.7 Å². The normalized spacial score (nSPS) is 18.8. The third-order valence-electron chi connectivity index (χ3n) is 6.38. The maximum atomic E-state index is 13.1. The van der Waals surface area contributed by atoms with Gasteiger partial charge in [-0.3, -0.25) is 9.59 Å². The van der Waals surface area contributed by atoms with Crippen molar-refractivity contribution in [1.82, 2.24) is 9.47 Å². The van der Waals surface area contributed by atoms with Crippen LogP contribution >= 0.6 is 0 Å². The number of nitrogens with zero attached hydrogens (tertiary/aromatic N) is 2. The first-order valence-corrected chi connectivity index (χ1v) is 11.1. The van der Waals surface area contributed by atoms with Crippen molar-refractivity contribution in [1.29, 1.82) is 0 Å². The van der Waals surface area contributed by atoms with Gasteiger partial charge in [0, 0.05) is 37.5 Å². The van der Waals surface area contributed by atoms with Crippen molar-refractivity contribution in [2.24, 2.45) is 11.7 Å². The molecule has 7 heteroatoms. The molecule has 166 valence electrons. The van der Waals surface area contributed by atoms with Crippen LogP contribution in [0.4, 0.5) is 0 Å². The molecule has 1 saturated heterocycles. The number of hydrogen-bond donors (Lipinski definition) is 1. The Bertz CT molecular complexity index is 1150. The summed E-state index contributed by atoms with van der Waals surface area (Å²) in [6.45, 7) is 1.94. The highest BCUT2D eigenvalue weighted by Gasteiger charge is 2.32. The number of hydrogen-bond acceptors (Lipinski definition) is 4. The first kappa shape index (κ1) is 20.4. The monoisotopic (exact) mass is 433 g/mol. The molecule has 1 aromatic heterocycles. The van der Waals surface area contributed by atoms with Crippen LogP contribution < -0.4 is 15.2 Å². The molecule has 0 radical (unpaired) electrons. The van der Waals surface area contributed by atoms with Gasteiger partial charge in [0.05, 0.1) is 11.4 Å². The molecule has 0 spiro atoms. The smallest absolute Gasteiger partial charge is 0.237 e. The third-order valence-corrected chi connectivity index (χ3v) is 6.38. The Morgan fingerprint density at radius 2 is 1.88 bits per heavy atom. The number of ether oxygens (including phenoxy) is 2. The molecule has 2 amide bonds. The van der Waals surface area contributed by atoms with Gasteiger partial charge in [-0.15, -0.1) is 0 Å². The van der Waals surface area contributed by atoms with Gasteiger partial charge in [-0.25, -0.2) is 0 Å². The van der Waals surface area contributed by atoms with Gasteiger partial charge in [0.15, 0.2) is 0 Å². The molecule has 0 bridgehead atoms. The number of benzene rings is 2. The first-order valence-electron chi connectivity index (χ1n) is 11.1. The lowest BCUT2D eigenvalue weighted by molar-refractivity contribution is -0.138. The van der Waals surface area contributed by atoms with E-state index in [4.69, 9.17) is 15.2 Å². The van der Waals surface area contributed by atoms with Crippen LogP contribution in [0.1, 0.15) is 18.4 Å². The molecule has 1 fully saturated rings. The highest BCUT2D eigenvalue weighted by atomic mass is 16.5. The fourth-order valence-electron chi connectivity index (χ4n) is 4.72. The maximum Gasteiger partial charge on any atom is 0.237 e. The van der Waals surface area contributed by atoms with Crippen LogP contribution in [0.2, 0.25) is 0 Å². The van der Waals surface area contributed by atoms with E-state index in [1.807, 2.05) is 64.2 Å². The average molecular weight is 434 g/mol. The second-order valence-electron chi connectivity index (χ2n) is 8.56. The van der Waals surface area contributed by atoms with Crippen molar-refractivity contribution < 1.29 is 19.1 Å². The summed E-state index contributed by atoms with van der Waals surface area (Å²) in [6.07, 6.45) is 4.21. The zero-order valence-electron chi connectivity index (χ0n) is 17.9. The molecule has 3 heterocycles. The van der Waals surface area contributed by atoms with E-state index in [9.17, 15) is 9.59 Å². The summed E-state index contributed by atoms with van der Waals surface area (Å²) in [6, 6.07) is 15.7. The van der Waals surface area contributed by atoms with Crippen LogP contribution in [0.25, 0.3) is 10.9 Å². The van der Waals surface area contributed by atoms with Gasteiger partial charge >= 0.3 is 0 Å². The number of nitrogens with two attached hydrogens (primary N) is 1. The first-order chi connectivity index (χ1) is 15.6.